The molecule has 0 bridgehead atoms. The lowest BCUT2D eigenvalue weighted by molar-refractivity contribution is 0.0786. The van der Waals surface area contributed by atoms with E-state index < -0.39 is 0 Å². The molecule has 0 fully saturated rings. The first-order chi connectivity index (χ1) is 4.33. The minimum atomic E-state index is 0.384. The molecule has 0 aromatic carbocycles. The molecule has 1 atom stereocenters. The van der Waals surface area contributed by atoms with Crippen molar-refractivity contribution in [2.45, 2.75) is 39.2 Å². The highest BCUT2D eigenvalue weighted by Gasteiger charge is 2.15. The summed E-state index contributed by atoms with van der Waals surface area (Å²) in [6.45, 7) is 4.17. The molecule has 9 heavy (non-hydrogen) atoms. The van der Waals surface area contributed by atoms with Gasteiger partial charge in [0.25, 0.3) is 0 Å². The number of hydrogen-bond acceptors (Lipinski definition) is 2. The highest BCUT2D eigenvalue weighted by molar-refractivity contribution is 5.82. The van der Waals surface area contributed by atoms with Crippen LogP contribution >= 0.6 is 0 Å². The van der Waals surface area contributed by atoms with E-state index >= 15 is 0 Å². The average molecular weight is 127 g/mol. The third-order valence-corrected chi connectivity index (χ3v) is 1.49. The van der Waals surface area contributed by atoms with E-state index in [1.165, 1.54) is 6.42 Å². The van der Waals surface area contributed by atoms with Crippen molar-refractivity contribution in [2.24, 2.45) is 5.16 Å². The van der Waals surface area contributed by atoms with Gasteiger partial charge in [-0.1, -0.05) is 18.5 Å². The van der Waals surface area contributed by atoms with Gasteiger partial charge in [0.05, 0.1) is 5.71 Å². The van der Waals surface area contributed by atoms with E-state index in [9.17, 15) is 0 Å². The van der Waals surface area contributed by atoms with E-state index in [-0.39, 0.29) is 0 Å². The van der Waals surface area contributed by atoms with E-state index in [1.807, 2.05) is 6.92 Å². The van der Waals surface area contributed by atoms with E-state index in [1.54, 1.807) is 0 Å². The van der Waals surface area contributed by atoms with Crippen LogP contribution < -0.4 is 0 Å². The van der Waals surface area contributed by atoms with E-state index in [4.69, 9.17) is 4.84 Å². The molecular weight excluding hydrogens is 114 g/mol. The van der Waals surface area contributed by atoms with E-state index in [2.05, 4.69) is 12.1 Å². The second-order valence-corrected chi connectivity index (χ2v) is 2.55. The molecular formula is C7H13NO. The third-order valence-electron chi connectivity index (χ3n) is 1.49. The predicted molar refractivity (Wildman–Crippen MR) is 37.5 cm³/mol. The van der Waals surface area contributed by atoms with Crippen LogP contribution in [0.25, 0.3) is 0 Å². The number of nitrogens with zero attached hydrogens (tertiary/aromatic N) is 1. The summed E-state index contributed by atoms with van der Waals surface area (Å²) in [4.78, 5) is 5.09. The van der Waals surface area contributed by atoms with Gasteiger partial charge in [-0.15, -0.1) is 0 Å². The van der Waals surface area contributed by atoms with Crippen LogP contribution in [-0.2, 0) is 4.84 Å². The Morgan fingerprint density at radius 2 is 2.56 bits per heavy atom. The van der Waals surface area contributed by atoms with Gasteiger partial charge in [0.2, 0.25) is 0 Å². The lowest BCUT2D eigenvalue weighted by atomic mass is 10.1. The zero-order valence-electron chi connectivity index (χ0n) is 6.05. The molecule has 0 amide bonds. The number of rotatable bonds is 2. The topological polar surface area (TPSA) is 21.6 Å². The fraction of sp³-hybridized carbons (Fsp3) is 0.857. The first-order valence-electron chi connectivity index (χ1n) is 3.52. The van der Waals surface area contributed by atoms with Crippen LogP contribution in [0.1, 0.15) is 33.1 Å². The van der Waals surface area contributed by atoms with Crippen LogP contribution in [-0.4, -0.2) is 11.8 Å². The summed E-state index contributed by atoms with van der Waals surface area (Å²) in [6.07, 6.45) is 3.75. The molecule has 0 aliphatic carbocycles. The van der Waals surface area contributed by atoms with Crippen LogP contribution in [0.2, 0.25) is 0 Å². The maximum absolute atomic E-state index is 5.09. The Bertz CT molecular complexity index is 120. The quantitative estimate of drug-likeness (QED) is 0.555. The summed E-state index contributed by atoms with van der Waals surface area (Å²) in [5, 5.41) is 3.85. The van der Waals surface area contributed by atoms with Gasteiger partial charge in [-0.25, -0.2) is 0 Å². The van der Waals surface area contributed by atoms with Crippen molar-refractivity contribution in [1.82, 2.24) is 0 Å². The fourth-order valence-electron chi connectivity index (χ4n) is 1.05. The molecule has 0 saturated heterocycles. The molecule has 0 saturated carbocycles. The number of hydrogen-bond donors (Lipinski definition) is 0. The summed E-state index contributed by atoms with van der Waals surface area (Å²) in [7, 11) is 0. The molecule has 0 N–H and O–H groups in total. The van der Waals surface area contributed by atoms with Crippen molar-refractivity contribution >= 4 is 5.71 Å². The van der Waals surface area contributed by atoms with Crippen molar-refractivity contribution in [3.05, 3.63) is 0 Å². The Labute approximate surface area is 55.9 Å². The highest BCUT2D eigenvalue weighted by Crippen LogP contribution is 2.14. The molecule has 1 aliphatic heterocycles. The van der Waals surface area contributed by atoms with Gasteiger partial charge >= 0.3 is 0 Å². The van der Waals surface area contributed by atoms with E-state index in [0.29, 0.717) is 6.10 Å². The molecule has 2 nitrogen and oxygen atoms in total. The first kappa shape index (κ1) is 6.59. The van der Waals surface area contributed by atoms with Crippen molar-refractivity contribution in [1.29, 1.82) is 0 Å². The zero-order valence-corrected chi connectivity index (χ0v) is 6.05. The fourth-order valence-corrected chi connectivity index (χ4v) is 1.05. The summed E-state index contributed by atoms with van der Waals surface area (Å²) >= 11 is 0. The van der Waals surface area contributed by atoms with Crippen LogP contribution in [0.3, 0.4) is 0 Å². The molecule has 0 spiro atoms. The Kier molecular flexibility index (Phi) is 2.09. The lowest BCUT2D eigenvalue weighted by Crippen LogP contribution is -2.04. The van der Waals surface area contributed by atoms with Crippen LogP contribution in [0.15, 0.2) is 5.16 Å². The van der Waals surface area contributed by atoms with Gasteiger partial charge in [0.15, 0.2) is 0 Å². The summed E-state index contributed by atoms with van der Waals surface area (Å²) < 4.78 is 0. The molecule has 52 valence electrons. The SMILES string of the molecule is CCC[C@H]1CC(C)=NO1. The van der Waals surface area contributed by atoms with Crippen molar-refractivity contribution in [3.63, 3.8) is 0 Å². The minimum absolute atomic E-state index is 0.384. The molecule has 0 unspecified atom stereocenters. The Balaban J connectivity index is 2.21. The van der Waals surface area contributed by atoms with Crippen LogP contribution in [0, 0.1) is 0 Å². The zero-order chi connectivity index (χ0) is 6.69. The minimum Gasteiger partial charge on any atom is -0.392 e. The van der Waals surface area contributed by atoms with E-state index in [0.717, 1.165) is 18.6 Å². The third kappa shape index (κ3) is 1.70. The van der Waals surface area contributed by atoms with Gasteiger partial charge in [0.1, 0.15) is 6.10 Å². The maximum Gasteiger partial charge on any atom is 0.132 e. The van der Waals surface area contributed by atoms with Crippen LogP contribution in [0.4, 0.5) is 0 Å². The normalized spacial score (nSPS) is 25.6. The average Bonchev–Trinajstić information content (AvgIpc) is 2.17. The van der Waals surface area contributed by atoms with Gasteiger partial charge in [-0.05, 0) is 13.3 Å². The summed E-state index contributed by atoms with van der Waals surface area (Å²) in [5.74, 6) is 0. The van der Waals surface area contributed by atoms with Crippen molar-refractivity contribution in [2.75, 3.05) is 0 Å². The van der Waals surface area contributed by atoms with Crippen LogP contribution in [0.5, 0.6) is 0 Å². The van der Waals surface area contributed by atoms with Gasteiger partial charge in [-0.3, -0.25) is 0 Å². The Morgan fingerprint density at radius 3 is 3.00 bits per heavy atom. The largest absolute Gasteiger partial charge is 0.392 e. The second-order valence-electron chi connectivity index (χ2n) is 2.55. The smallest absolute Gasteiger partial charge is 0.132 e. The number of oxime groups is 1. The Hall–Kier alpha value is -0.530. The summed E-state index contributed by atoms with van der Waals surface area (Å²) in [6, 6.07) is 0. The van der Waals surface area contributed by atoms with Crippen molar-refractivity contribution in [3.8, 4) is 0 Å². The molecule has 1 heterocycles. The molecule has 2 heteroatoms. The lowest BCUT2D eigenvalue weighted by Gasteiger charge is -2.03. The second kappa shape index (κ2) is 2.85. The first-order valence-corrected chi connectivity index (χ1v) is 3.52. The molecule has 0 aromatic heterocycles. The van der Waals surface area contributed by atoms with Gasteiger partial charge < -0.3 is 4.84 Å². The van der Waals surface area contributed by atoms with Crippen molar-refractivity contribution < 1.29 is 4.84 Å². The predicted octanol–water partition coefficient (Wildman–Crippen LogP) is 1.95. The Morgan fingerprint density at radius 1 is 1.78 bits per heavy atom. The highest BCUT2D eigenvalue weighted by atomic mass is 16.6. The standard InChI is InChI=1S/C7H13NO/c1-3-4-7-5-6(2)8-9-7/h7H,3-5H2,1-2H3/t7-/m0/s1. The maximum atomic E-state index is 5.09. The van der Waals surface area contributed by atoms with Gasteiger partial charge in [-0.2, -0.15) is 0 Å². The monoisotopic (exact) mass is 127 g/mol. The molecule has 0 aromatic rings. The molecule has 1 rings (SSSR count). The van der Waals surface area contributed by atoms with Gasteiger partial charge in [0, 0.05) is 6.42 Å². The molecule has 1 aliphatic rings. The molecule has 0 radical (unpaired) electrons. The summed E-state index contributed by atoms with van der Waals surface area (Å²) in [5.41, 5.74) is 1.13.